The average molecular weight is 363 g/mol. The molecule has 2 fully saturated rings. The lowest BCUT2D eigenvalue weighted by atomic mass is 10.0. The largest absolute Gasteiger partial charge is 0.384 e. The molecule has 1 saturated heterocycles. The Morgan fingerprint density at radius 1 is 1.30 bits per heavy atom. The van der Waals surface area contributed by atoms with Gasteiger partial charge in [0, 0.05) is 44.1 Å². The minimum Gasteiger partial charge on any atom is -0.384 e. The molecule has 3 N–H and O–H groups in total. The first-order valence-corrected chi connectivity index (χ1v) is 9.42. The maximum absolute atomic E-state index is 5.83. The van der Waals surface area contributed by atoms with Gasteiger partial charge in [-0.15, -0.1) is 0 Å². The summed E-state index contributed by atoms with van der Waals surface area (Å²) in [5.41, 5.74) is 10.0. The fourth-order valence-corrected chi connectivity index (χ4v) is 3.51. The van der Waals surface area contributed by atoms with Gasteiger partial charge >= 0.3 is 0 Å². The molecule has 0 amide bonds. The Kier molecular flexibility index (Phi) is 5.11. The summed E-state index contributed by atoms with van der Waals surface area (Å²) in [4.78, 5) is 20.1. The Hall–Kier alpha value is -2.80. The maximum atomic E-state index is 5.83. The first-order chi connectivity index (χ1) is 13.3. The summed E-state index contributed by atoms with van der Waals surface area (Å²) >= 11 is 0. The van der Waals surface area contributed by atoms with Crippen LogP contribution in [0.4, 0.5) is 11.5 Å². The molecule has 7 nitrogen and oxygen atoms in total. The van der Waals surface area contributed by atoms with Crippen LogP contribution in [-0.4, -0.2) is 53.6 Å². The lowest BCUT2D eigenvalue weighted by molar-refractivity contribution is 0.357. The van der Waals surface area contributed by atoms with Crippen molar-refractivity contribution in [3.05, 3.63) is 47.4 Å². The number of anilines is 1. The highest BCUT2D eigenvalue weighted by atomic mass is 15.2. The molecule has 4 rings (SSSR count). The number of aliphatic imine (C=N–C) groups is 2. The van der Waals surface area contributed by atoms with Crippen LogP contribution in [-0.2, 0) is 6.54 Å². The SMILES string of the molecule is C=Nc1cncc(C2CC2)c1/C(=N\Cc1ccnc(N)c1)N1CCNCC1. The van der Waals surface area contributed by atoms with Gasteiger partial charge in [-0.2, -0.15) is 0 Å². The number of pyridine rings is 2. The van der Waals surface area contributed by atoms with Gasteiger partial charge in [0.15, 0.2) is 0 Å². The molecule has 0 aromatic carbocycles. The zero-order chi connectivity index (χ0) is 18.6. The summed E-state index contributed by atoms with van der Waals surface area (Å²) < 4.78 is 0. The summed E-state index contributed by atoms with van der Waals surface area (Å²) in [7, 11) is 0. The Morgan fingerprint density at radius 2 is 2.11 bits per heavy atom. The molecular formula is C20H25N7. The molecule has 2 aromatic rings. The standard InChI is InChI=1S/C20H25N7/c1-22-17-13-24-12-16(15-2-3-15)19(17)20(27-8-6-23-7-9-27)26-11-14-4-5-25-18(21)10-14/h4-5,10,12-13,15,23H,1-3,6-9,11H2,(H2,21,25)/b26-20+. The van der Waals surface area contributed by atoms with Crippen molar-refractivity contribution in [3.63, 3.8) is 0 Å². The van der Waals surface area contributed by atoms with Crippen LogP contribution in [0.5, 0.6) is 0 Å². The van der Waals surface area contributed by atoms with Crippen molar-refractivity contribution in [2.24, 2.45) is 9.98 Å². The molecule has 0 atom stereocenters. The molecule has 27 heavy (non-hydrogen) atoms. The zero-order valence-electron chi connectivity index (χ0n) is 15.4. The number of nitrogens with zero attached hydrogens (tertiary/aromatic N) is 5. The van der Waals surface area contributed by atoms with Crippen LogP contribution in [0.1, 0.15) is 35.4 Å². The molecule has 0 bridgehead atoms. The van der Waals surface area contributed by atoms with Gasteiger partial charge in [-0.3, -0.25) is 15.0 Å². The molecule has 1 saturated carbocycles. The van der Waals surface area contributed by atoms with E-state index in [2.05, 4.69) is 31.9 Å². The number of amidine groups is 1. The van der Waals surface area contributed by atoms with Gasteiger partial charge in [0.25, 0.3) is 0 Å². The molecule has 7 heteroatoms. The van der Waals surface area contributed by atoms with E-state index in [1.807, 2.05) is 18.3 Å². The molecule has 1 aliphatic carbocycles. The average Bonchev–Trinajstić information content (AvgIpc) is 3.54. The van der Waals surface area contributed by atoms with Crippen LogP contribution in [0, 0.1) is 0 Å². The summed E-state index contributed by atoms with van der Waals surface area (Å²) in [6.07, 6.45) is 7.89. The van der Waals surface area contributed by atoms with Crippen LogP contribution in [0.3, 0.4) is 0 Å². The highest BCUT2D eigenvalue weighted by Crippen LogP contribution is 2.43. The van der Waals surface area contributed by atoms with Gasteiger partial charge < -0.3 is 16.0 Å². The van der Waals surface area contributed by atoms with Gasteiger partial charge in [-0.1, -0.05) is 0 Å². The van der Waals surface area contributed by atoms with Crippen molar-refractivity contribution in [1.29, 1.82) is 0 Å². The number of nitrogens with two attached hydrogens (primary N) is 1. The normalized spacial score (nSPS) is 17.8. The highest BCUT2D eigenvalue weighted by molar-refractivity contribution is 6.04. The van der Waals surface area contributed by atoms with Crippen LogP contribution in [0.2, 0.25) is 0 Å². The minimum absolute atomic E-state index is 0.516. The monoisotopic (exact) mass is 363 g/mol. The summed E-state index contributed by atoms with van der Waals surface area (Å²) in [6.45, 7) is 8.05. The predicted molar refractivity (Wildman–Crippen MR) is 109 cm³/mol. The minimum atomic E-state index is 0.516. The molecule has 0 spiro atoms. The van der Waals surface area contributed by atoms with Crippen LogP contribution in [0.25, 0.3) is 0 Å². The van der Waals surface area contributed by atoms with E-state index in [1.165, 1.54) is 18.4 Å². The number of aromatic nitrogens is 2. The Labute approximate surface area is 159 Å². The lowest BCUT2D eigenvalue weighted by Crippen LogP contribution is -2.47. The van der Waals surface area contributed by atoms with Gasteiger partial charge in [0.2, 0.25) is 0 Å². The molecule has 1 aliphatic heterocycles. The smallest absolute Gasteiger partial charge is 0.133 e. The molecule has 0 radical (unpaired) electrons. The van der Waals surface area contributed by atoms with Crippen LogP contribution < -0.4 is 11.1 Å². The van der Waals surface area contributed by atoms with Crippen molar-refractivity contribution < 1.29 is 0 Å². The number of nitrogen functional groups attached to an aromatic ring is 1. The quantitative estimate of drug-likeness (QED) is 0.627. The van der Waals surface area contributed by atoms with E-state index in [0.29, 0.717) is 18.3 Å². The van der Waals surface area contributed by atoms with Crippen molar-refractivity contribution in [2.45, 2.75) is 25.3 Å². The third kappa shape index (κ3) is 3.98. The first kappa shape index (κ1) is 17.6. The highest BCUT2D eigenvalue weighted by Gasteiger charge is 2.31. The number of piperazine rings is 1. The van der Waals surface area contributed by atoms with Gasteiger partial charge in [-0.05, 0) is 48.7 Å². The predicted octanol–water partition coefficient (Wildman–Crippen LogP) is 2.12. The van der Waals surface area contributed by atoms with E-state index in [9.17, 15) is 0 Å². The number of rotatable bonds is 5. The number of nitrogens with one attached hydrogen (secondary N) is 1. The second-order valence-corrected chi connectivity index (χ2v) is 7.02. The van der Waals surface area contributed by atoms with E-state index < -0.39 is 0 Å². The van der Waals surface area contributed by atoms with Crippen LogP contribution in [0.15, 0.2) is 40.7 Å². The van der Waals surface area contributed by atoms with E-state index in [0.717, 1.165) is 48.8 Å². The lowest BCUT2D eigenvalue weighted by Gasteiger charge is -2.32. The van der Waals surface area contributed by atoms with Crippen molar-refractivity contribution in [3.8, 4) is 0 Å². The van der Waals surface area contributed by atoms with Crippen molar-refractivity contribution in [1.82, 2.24) is 20.2 Å². The third-order valence-corrected chi connectivity index (χ3v) is 5.04. The molecule has 3 heterocycles. The Balaban J connectivity index is 1.76. The Morgan fingerprint density at radius 3 is 2.81 bits per heavy atom. The Bertz CT molecular complexity index is 851. The second-order valence-electron chi connectivity index (χ2n) is 7.02. The topological polar surface area (TPSA) is 91.8 Å². The van der Waals surface area contributed by atoms with Gasteiger partial charge in [0.05, 0.1) is 18.4 Å². The third-order valence-electron chi connectivity index (χ3n) is 5.04. The molecule has 140 valence electrons. The van der Waals surface area contributed by atoms with E-state index in [-0.39, 0.29) is 0 Å². The molecule has 0 unspecified atom stereocenters. The van der Waals surface area contributed by atoms with Crippen molar-refractivity contribution >= 4 is 24.1 Å². The molecular weight excluding hydrogens is 338 g/mol. The van der Waals surface area contributed by atoms with Gasteiger partial charge in [0.1, 0.15) is 11.7 Å². The zero-order valence-corrected chi connectivity index (χ0v) is 15.4. The summed E-state index contributed by atoms with van der Waals surface area (Å²) in [5.74, 6) is 2.06. The fraction of sp³-hybridized carbons (Fsp3) is 0.400. The van der Waals surface area contributed by atoms with Crippen LogP contribution >= 0.6 is 0 Å². The second kappa shape index (κ2) is 7.84. The maximum Gasteiger partial charge on any atom is 0.133 e. The first-order valence-electron chi connectivity index (χ1n) is 9.42. The van der Waals surface area contributed by atoms with E-state index >= 15 is 0 Å². The summed E-state index contributed by atoms with van der Waals surface area (Å²) in [6, 6.07) is 3.83. The molecule has 2 aromatic heterocycles. The van der Waals surface area contributed by atoms with E-state index in [1.54, 1.807) is 12.4 Å². The number of hydrogen-bond donors (Lipinski definition) is 2. The fourth-order valence-electron chi connectivity index (χ4n) is 3.51. The number of hydrogen-bond acceptors (Lipinski definition) is 6. The van der Waals surface area contributed by atoms with E-state index in [4.69, 9.17) is 10.7 Å². The summed E-state index contributed by atoms with van der Waals surface area (Å²) in [5, 5.41) is 3.41. The molecule has 2 aliphatic rings. The van der Waals surface area contributed by atoms with Crippen molar-refractivity contribution in [2.75, 3.05) is 31.9 Å². The van der Waals surface area contributed by atoms with Gasteiger partial charge in [-0.25, -0.2) is 4.98 Å².